The maximum absolute atomic E-state index is 11.3. The summed E-state index contributed by atoms with van der Waals surface area (Å²) in [6, 6.07) is 0. The Kier molecular flexibility index (Phi) is 7.07. The highest BCUT2D eigenvalue weighted by molar-refractivity contribution is 6.34. The van der Waals surface area contributed by atoms with Gasteiger partial charge >= 0.3 is 5.97 Å². The number of carbonyl (C=O) groups is 2. The minimum atomic E-state index is -0.715. The van der Waals surface area contributed by atoms with Gasteiger partial charge in [-0.05, 0) is 6.42 Å². The first kappa shape index (κ1) is 13.1. The van der Waals surface area contributed by atoms with Gasteiger partial charge < -0.3 is 4.74 Å². The fourth-order valence-electron chi connectivity index (χ4n) is 1.31. The minimum Gasteiger partial charge on any atom is -0.463 e. The Morgan fingerprint density at radius 3 is 2.36 bits per heavy atom. The average Bonchev–Trinajstić information content (AvgIpc) is 2.21. The Balaban J connectivity index is 3.67. The summed E-state index contributed by atoms with van der Waals surface area (Å²) in [5.74, 6) is -1.31. The number of ketones is 1. The zero-order chi connectivity index (χ0) is 11.0. The lowest BCUT2D eigenvalue weighted by atomic mass is 9.98. The van der Waals surface area contributed by atoms with E-state index in [2.05, 4.69) is 11.7 Å². The molecule has 0 N–H and O–H groups in total. The molecule has 82 valence electrons. The fraction of sp³-hybridized carbons (Fsp3) is 0.818. The van der Waals surface area contributed by atoms with Crippen LogP contribution in [0.1, 0.15) is 46.0 Å². The van der Waals surface area contributed by atoms with Crippen LogP contribution in [0.4, 0.5) is 0 Å². The summed E-state index contributed by atoms with van der Waals surface area (Å²) >= 11 is 0. The van der Waals surface area contributed by atoms with E-state index in [0.717, 1.165) is 19.3 Å². The molecule has 0 aromatic rings. The molecule has 3 heteroatoms. The van der Waals surface area contributed by atoms with Gasteiger partial charge in [-0.25, -0.2) is 4.79 Å². The van der Waals surface area contributed by atoms with Gasteiger partial charge in [-0.2, -0.15) is 0 Å². The predicted molar refractivity (Wildman–Crippen MR) is 54.9 cm³/mol. The second-order valence-corrected chi connectivity index (χ2v) is 3.61. The Morgan fingerprint density at radius 1 is 1.21 bits per heavy atom. The Labute approximate surface area is 85.8 Å². The number of unbranched alkanes of at least 4 members (excludes halogenated alkanes) is 3. The van der Waals surface area contributed by atoms with E-state index < -0.39 is 11.8 Å². The molecule has 0 saturated heterocycles. The van der Waals surface area contributed by atoms with Crippen LogP contribution in [-0.2, 0) is 14.3 Å². The average molecular weight is 200 g/mol. The van der Waals surface area contributed by atoms with Crippen LogP contribution in [0.5, 0.6) is 0 Å². The molecule has 0 bridgehead atoms. The molecule has 0 aromatic heterocycles. The number of hydrogen-bond acceptors (Lipinski definition) is 3. The van der Waals surface area contributed by atoms with Gasteiger partial charge in [0.05, 0.1) is 7.11 Å². The van der Waals surface area contributed by atoms with E-state index in [-0.39, 0.29) is 5.92 Å². The molecule has 0 aromatic carbocycles. The van der Waals surface area contributed by atoms with Crippen molar-refractivity contribution in [2.45, 2.75) is 46.0 Å². The molecule has 0 rings (SSSR count). The third kappa shape index (κ3) is 5.00. The van der Waals surface area contributed by atoms with E-state index in [4.69, 9.17) is 0 Å². The number of hydrogen-bond donors (Lipinski definition) is 0. The number of esters is 1. The normalized spacial score (nSPS) is 12.2. The molecule has 0 aliphatic carbocycles. The van der Waals surface area contributed by atoms with Crippen molar-refractivity contribution in [1.29, 1.82) is 0 Å². The summed E-state index contributed by atoms with van der Waals surface area (Å²) in [7, 11) is 1.24. The third-order valence-corrected chi connectivity index (χ3v) is 2.32. The van der Waals surface area contributed by atoms with Crippen LogP contribution in [0.25, 0.3) is 0 Å². The summed E-state index contributed by atoms with van der Waals surface area (Å²) in [4.78, 5) is 22.1. The van der Waals surface area contributed by atoms with Crippen LogP contribution in [0, 0.1) is 5.92 Å². The SMILES string of the molecule is CCCCCCC(C)C(=O)C(=O)OC. The summed E-state index contributed by atoms with van der Waals surface area (Å²) in [5.41, 5.74) is 0. The Bertz CT molecular complexity index is 187. The summed E-state index contributed by atoms with van der Waals surface area (Å²) in [5, 5.41) is 0. The van der Waals surface area contributed by atoms with Gasteiger partial charge in [0.2, 0.25) is 5.78 Å². The molecule has 0 aliphatic rings. The first-order valence-corrected chi connectivity index (χ1v) is 5.25. The summed E-state index contributed by atoms with van der Waals surface area (Å²) in [6.07, 6.45) is 5.30. The summed E-state index contributed by atoms with van der Waals surface area (Å²) in [6.45, 7) is 3.92. The second-order valence-electron chi connectivity index (χ2n) is 3.61. The number of ether oxygens (including phenoxy) is 1. The molecule has 0 spiro atoms. The zero-order valence-corrected chi connectivity index (χ0v) is 9.34. The molecular formula is C11H20O3. The van der Waals surface area contributed by atoms with Crippen molar-refractivity contribution in [2.24, 2.45) is 5.92 Å². The van der Waals surface area contributed by atoms with Crippen LogP contribution in [0.3, 0.4) is 0 Å². The molecule has 14 heavy (non-hydrogen) atoms. The minimum absolute atomic E-state index is 0.195. The van der Waals surface area contributed by atoms with Gasteiger partial charge in [-0.3, -0.25) is 4.79 Å². The van der Waals surface area contributed by atoms with Crippen molar-refractivity contribution in [3.63, 3.8) is 0 Å². The lowest BCUT2D eigenvalue weighted by Gasteiger charge is -2.07. The smallest absolute Gasteiger partial charge is 0.374 e. The maximum atomic E-state index is 11.3. The summed E-state index contributed by atoms with van der Waals surface area (Å²) < 4.78 is 4.37. The van der Waals surface area contributed by atoms with Gasteiger partial charge in [0.1, 0.15) is 0 Å². The molecule has 0 heterocycles. The molecule has 0 amide bonds. The number of rotatable bonds is 7. The van der Waals surface area contributed by atoms with Crippen molar-refractivity contribution in [3.8, 4) is 0 Å². The molecule has 0 aliphatic heterocycles. The van der Waals surface area contributed by atoms with Crippen molar-refractivity contribution in [1.82, 2.24) is 0 Å². The van der Waals surface area contributed by atoms with Gasteiger partial charge in [0.25, 0.3) is 0 Å². The lowest BCUT2D eigenvalue weighted by Crippen LogP contribution is -2.22. The van der Waals surface area contributed by atoms with Crippen molar-refractivity contribution in [2.75, 3.05) is 7.11 Å². The number of methoxy groups -OCH3 is 1. The highest BCUT2D eigenvalue weighted by atomic mass is 16.5. The topological polar surface area (TPSA) is 43.4 Å². The molecule has 1 unspecified atom stereocenters. The van der Waals surface area contributed by atoms with Crippen LogP contribution in [0.2, 0.25) is 0 Å². The van der Waals surface area contributed by atoms with E-state index >= 15 is 0 Å². The molecule has 3 nitrogen and oxygen atoms in total. The highest BCUT2D eigenvalue weighted by Crippen LogP contribution is 2.11. The standard InChI is InChI=1S/C11H20O3/c1-4-5-6-7-8-9(2)10(12)11(13)14-3/h9H,4-8H2,1-3H3. The predicted octanol–water partition coefficient (Wildman–Crippen LogP) is 2.33. The highest BCUT2D eigenvalue weighted by Gasteiger charge is 2.20. The third-order valence-electron chi connectivity index (χ3n) is 2.32. The zero-order valence-electron chi connectivity index (χ0n) is 9.34. The molecule has 0 fully saturated rings. The fourth-order valence-corrected chi connectivity index (χ4v) is 1.31. The van der Waals surface area contributed by atoms with Gasteiger partial charge in [-0.15, -0.1) is 0 Å². The monoisotopic (exact) mass is 200 g/mol. The van der Waals surface area contributed by atoms with Crippen LogP contribution < -0.4 is 0 Å². The van der Waals surface area contributed by atoms with Crippen molar-refractivity contribution in [3.05, 3.63) is 0 Å². The van der Waals surface area contributed by atoms with E-state index in [1.165, 1.54) is 20.0 Å². The largest absolute Gasteiger partial charge is 0.463 e. The second kappa shape index (κ2) is 7.54. The van der Waals surface area contributed by atoms with Crippen LogP contribution >= 0.6 is 0 Å². The van der Waals surface area contributed by atoms with Crippen molar-refractivity contribution < 1.29 is 14.3 Å². The van der Waals surface area contributed by atoms with E-state index in [1.54, 1.807) is 6.92 Å². The lowest BCUT2D eigenvalue weighted by molar-refractivity contribution is -0.153. The quantitative estimate of drug-likeness (QED) is 0.360. The Hall–Kier alpha value is -0.860. The van der Waals surface area contributed by atoms with Gasteiger partial charge in [-0.1, -0.05) is 39.5 Å². The number of Topliss-reactive ketones (excluding diaryl/α,β-unsaturated/α-hetero) is 1. The molecular weight excluding hydrogens is 180 g/mol. The number of carbonyl (C=O) groups excluding carboxylic acids is 2. The molecule has 0 saturated carbocycles. The first-order valence-electron chi connectivity index (χ1n) is 5.25. The van der Waals surface area contributed by atoms with E-state index in [0.29, 0.717) is 0 Å². The van der Waals surface area contributed by atoms with Crippen LogP contribution in [-0.4, -0.2) is 18.9 Å². The molecule has 1 atom stereocenters. The van der Waals surface area contributed by atoms with Crippen molar-refractivity contribution >= 4 is 11.8 Å². The first-order chi connectivity index (χ1) is 6.63. The maximum Gasteiger partial charge on any atom is 0.374 e. The van der Waals surface area contributed by atoms with Crippen LogP contribution in [0.15, 0.2) is 0 Å². The van der Waals surface area contributed by atoms with Gasteiger partial charge in [0, 0.05) is 5.92 Å². The van der Waals surface area contributed by atoms with Gasteiger partial charge in [0.15, 0.2) is 0 Å². The molecule has 0 radical (unpaired) electrons. The van der Waals surface area contributed by atoms with E-state index in [9.17, 15) is 9.59 Å². The van der Waals surface area contributed by atoms with E-state index in [1.807, 2.05) is 0 Å². The Morgan fingerprint density at radius 2 is 1.86 bits per heavy atom.